The molecule has 3 aromatic carbocycles. The number of amides is 1. The molecule has 174 valence electrons. The van der Waals surface area contributed by atoms with Gasteiger partial charge in [0, 0.05) is 0 Å². The van der Waals surface area contributed by atoms with E-state index in [9.17, 15) is 13.2 Å². The molecule has 0 spiro atoms. The highest BCUT2D eigenvalue weighted by Crippen LogP contribution is 2.27. The maximum Gasteiger partial charge on any atom is 0.243 e. The summed E-state index contributed by atoms with van der Waals surface area (Å²) in [5.41, 5.74) is 0.355. The summed E-state index contributed by atoms with van der Waals surface area (Å²) >= 11 is 6.04. The van der Waals surface area contributed by atoms with Crippen LogP contribution in [0, 0.1) is 0 Å². The van der Waals surface area contributed by atoms with E-state index in [0.29, 0.717) is 28.0 Å². The van der Waals surface area contributed by atoms with Gasteiger partial charge in [-0.15, -0.1) is 0 Å². The SMILES string of the molecule is C[C@@H](C(=O)NCCOc1ccccc1Cl)N(c1ccc(Oc2ccccc2)cc1)S(C)(=O)=O. The van der Waals surface area contributed by atoms with Crippen LogP contribution in [0.1, 0.15) is 6.92 Å². The second-order valence-corrected chi connectivity index (χ2v) is 9.48. The van der Waals surface area contributed by atoms with Gasteiger partial charge in [0.2, 0.25) is 15.9 Å². The van der Waals surface area contributed by atoms with E-state index >= 15 is 0 Å². The average molecular weight is 489 g/mol. The van der Waals surface area contributed by atoms with Crippen LogP contribution in [-0.2, 0) is 14.8 Å². The van der Waals surface area contributed by atoms with Gasteiger partial charge in [0.1, 0.15) is 29.9 Å². The first-order chi connectivity index (χ1) is 15.8. The molecule has 33 heavy (non-hydrogen) atoms. The lowest BCUT2D eigenvalue weighted by Gasteiger charge is -2.28. The molecular formula is C24H25ClN2O5S. The van der Waals surface area contributed by atoms with E-state index in [1.54, 1.807) is 48.5 Å². The fourth-order valence-corrected chi connectivity index (χ4v) is 4.50. The number of para-hydroxylation sites is 2. The Morgan fingerprint density at radius 2 is 1.58 bits per heavy atom. The molecule has 9 heteroatoms. The third kappa shape index (κ3) is 6.87. The summed E-state index contributed by atoms with van der Waals surface area (Å²) in [4.78, 5) is 12.7. The third-order valence-corrected chi connectivity index (χ3v) is 6.21. The Morgan fingerprint density at radius 1 is 0.970 bits per heavy atom. The molecule has 0 saturated carbocycles. The first kappa shape index (κ1) is 24.4. The molecule has 0 aliphatic rings. The largest absolute Gasteiger partial charge is 0.490 e. The van der Waals surface area contributed by atoms with Crippen molar-refractivity contribution in [1.29, 1.82) is 0 Å². The average Bonchev–Trinajstić information content (AvgIpc) is 2.78. The zero-order chi connectivity index (χ0) is 23.8. The number of ether oxygens (including phenoxy) is 2. The minimum atomic E-state index is -3.73. The summed E-state index contributed by atoms with van der Waals surface area (Å²) in [6.07, 6.45) is 1.06. The molecule has 1 atom stereocenters. The predicted octanol–water partition coefficient (Wildman–Crippen LogP) is 4.48. The third-order valence-electron chi connectivity index (χ3n) is 4.65. The first-order valence-corrected chi connectivity index (χ1v) is 12.5. The molecule has 0 bridgehead atoms. The van der Waals surface area contributed by atoms with Crippen molar-refractivity contribution in [2.75, 3.05) is 23.7 Å². The first-order valence-electron chi connectivity index (χ1n) is 10.2. The Balaban J connectivity index is 1.63. The lowest BCUT2D eigenvalue weighted by molar-refractivity contribution is -0.121. The summed E-state index contributed by atoms with van der Waals surface area (Å²) in [5.74, 6) is 1.27. The molecule has 3 aromatic rings. The van der Waals surface area contributed by atoms with Crippen LogP contribution < -0.4 is 19.1 Å². The quantitative estimate of drug-likeness (QED) is 0.425. The molecule has 1 amide bonds. The van der Waals surface area contributed by atoms with Gasteiger partial charge in [-0.3, -0.25) is 9.10 Å². The smallest absolute Gasteiger partial charge is 0.243 e. The van der Waals surface area contributed by atoms with Gasteiger partial charge in [-0.1, -0.05) is 41.9 Å². The zero-order valence-electron chi connectivity index (χ0n) is 18.3. The highest BCUT2D eigenvalue weighted by molar-refractivity contribution is 7.92. The van der Waals surface area contributed by atoms with Crippen LogP contribution in [0.5, 0.6) is 17.2 Å². The molecule has 0 aliphatic carbocycles. The number of benzene rings is 3. The van der Waals surface area contributed by atoms with Crippen LogP contribution in [-0.4, -0.2) is 39.8 Å². The monoisotopic (exact) mass is 488 g/mol. The van der Waals surface area contributed by atoms with Gasteiger partial charge in [0.25, 0.3) is 0 Å². The molecule has 3 rings (SSSR count). The van der Waals surface area contributed by atoms with Gasteiger partial charge >= 0.3 is 0 Å². The number of anilines is 1. The van der Waals surface area contributed by atoms with Crippen molar-refractivity contribution >= 4 is 33.2 Å². The minimum absolute atomic E-state index is 0.187. The van der Waals surface area contributed by atoms with Crippen LogP contribution in [0.15, 0.2) is 78.9 Å². The number of hydrogen-bond acceptors (Lipinski definition) is 5. The van der Waals surface area contributed by atoms with Crippen molar-refractivity contribution in [2.45, 2.75) is 13.0 Å². The van der Waals surface area contributed by atoms with E-state index in [-0.39, 0.29) is 13.2 Å². The predicted molar refractivity (Wildman–Crippen MR) is 130 cm³/mol. The van der Waals surface area contributed by atoms with Gasteiger partial charge in [-0.25, -0.2) is 8.42 Å². The highest BCUT2D eigenvalue weighted by atomic mass is 35.5. The number of sulfonamides is 1. The van der Waals surface area contributed by atoms with Gasteiger partial charge in [0.05, 0.1) is 23.5 Å². The highest BCUT2D eigenvalue weighted by Gasteiger charge is 2.29. The topological polar surface area (TPSA) is 84.9 Å². The number of hydrogen-bond donors (Lipinski definition) is 1. The maximum absolute atomic E-state index is 12.7. The van der Waals surface area contributed by atoms with Crippen molar-refractivity contribution in [1.82, 2.24) is 5.32 Å². The molecule has 0 fully saturated rings. The fourth-order valence-electron chi connectivity index (χ4n) is 3.14. The van der Waals surface area contributed by atoms with E-state index in [1.165, 1.54) is 6.92 Å². The van der Waals surface area contributed by atoms with E-state index in [1.807, 2.05) is 30.3 Å². The summed E-state index contributed by atoms with van der Waals surface area (Å²) in [5, 5.41) is 3.17. The van der Waals surface area contributed by atoms with E-state index in [4.69, 9.17) is 21.1 Å². The fraction of sp³-hybridized carbons (Fsp3) is 0.208. The Kier molecular flexibility index (Phi) is 8.19. The zero-order valence-corrected chi connectivity index (χ0v) is 19.8. The van der Waals surface area contributed by atoms with Gasteiger partial charge in [0.15, 0.2) is 0 Å². The van der Waals surface area contributed by atoms with Crippen LogP contribution in [0.3, 0.4) is 0 Å². The second-order valence-electron chi connectivity index (χ2n) is 7.21. The van der Waals surface area contributed by atoms with Crippen LogP contribution in [0.2, 0.25) is 5.02 Å². The number of nitrogens with one attached hydrogen (secondary N) is 1. The van der Waals surface area contributed by atoms with Crippen molar-refractivity contribution in [3.05, 3.63) is 83.9 Å². The molecule has 7 nitrogen and oxygen atoms in total. The minimum Gasteiger partial charge on any atom is -0.490 e. The summed E-state index contributed by atoms with van der Waals surface area (Å²) in [6.45, 7) is 1.90. The van der Waals surface area contributed by atoms with Gasteiger partial charge in [-0.05, 0) is 55.5 Å². The van der Waals surface area contributed by atoms with Crippen LogP contribution >= 0.6 is 11.6 Å². The number of nitrogens with zero attached hydrogens (tertiary/aromatic N) is 1. The summed E-state index contributed by atoms with van der Waals surface area (Å²) in [6, 6.07) is 21.8. The molecule has 1 N–H and O–H groups in total. The standard InChI is InChI=1S/C24H25ClN2O5S/c1-18(24(28)26-16-17-31-23-11-7-6-10-22(23)25)27(33(2,29)30)19-12-14-21(15-13-19)32-20-8-4-3-5-9-20/h3-15,18H,16-17H2,1-2H3,(H,26,28)/t18-/m0/s1. The van der Waals surface area contributed by atoms with Crippen molar-refractivity contribution in [2.24, 2.45) is 0 Å². The number of halogens is 1. The normalized spacial score (nSPS) is 12.0. The van der Waals surface area contributed by atoms with Crippen molar-refractivity contribution < 1.29 is 22.7 Å². The second kappa shape index (κ2) is 11.1. The summed E-state index contributed by atoms with van der Waals surface area (Å²) in [7, 11) is -3.73. The van der Waals surface area contributed by atoms with Crippen LogP contribution in [0.25, 0.3) is 0 Å². The van der Waals surface area contributed by atoms with E-state index in [0.717, 1.165) is 10.6 Å². The molecule has 0 aliphatic heterocycles. The van der Waals surface area contributed by atoms with Crippen molar-refractivity contribution in [3.63, 3.8) is 0 Å². The number of carbonyl (C=O) groups is 1. The molecular weight excluding hydrogens is 464 g/mol. The van der Waals surface area contributed by atoms with E-state index in [2.05, 4.69) is 5.32 Å². The summed E-state index contributed by atoms with van der Waals surface area (Å²) < 4.78 is 37.3. The number of rotatable bonds is 10. The lowest BCUT2D eigenvalue weighted by atomic mass is 10.2. The molecule has 0 unspecified atom stereocenters. The molecule has 0 saturated heterocycles. The van der Waals surface area contributed by atoms with E-state index < -0.39 is 22.0 Å². The number of carbonyl (C=O) groups excluding carboxylic acids is 1. The lowest BCUT2D eigenvalue weighted by Crippen LogP contribution is -2.48. The molecule has 0 heterocycles. The van der Waals surface area contributed by atoms with Crippen LogP contribution in [0.4, 0.5) is 5.69 Å². The van der Waals surface area contributed by atoms with Gasteiger partial charge < -0.3 is 14.8 Å². The Bertz CT molecular complexity index is 1170. The van der Waals surface area contributed by atoms with Crippen molar-refractivity contribution in [3.8, 4) is 17.2 Å². The maximum atomic E-state index is 12.7. The Hall–Kier alpha value is -3.23. The Labute approximate surface area is 198 Å². The molecule has 0 radical (unpaired) electrons. The van der Waals surface area contributed by atoms with Gasteiger partial charge in [-0.2, -0.15) is 0 Å². The molecule has 0 aromatic heterocycles. The Morgan fingerprint density at radius 3 is 2.21 bits per heavy atom.